The SMILES string of the molecule is O=c1cc(CN2CCN(c3cc(F)ccc3[N+](=O)[O-])CC2)nc2sccn12. The van der Waals surface area contributed by atoms with Gasteiger partial charge in [0.15, 0.2) is 4.96 Å². The maximum Gasteiger partial charge on any atom is 0.292 e. The summed E-state index contributed by atoms with van der Waals surface area (Å²) in [4.78, 5) is 31.9. The molecule has 4 rings (SSSR count). The van der Waals surface area contributed by atoms with Crippen molar-refractivity contribution in [2.24, 2.45) is 0 Å². The number of halogens is 1. The van der Waals surface area contributed by atoms with Crippen LogP contribution in [0.1, 0.15) is 5.69 Å². The lowest BCUT2D eigenvalue weighted by Crippen LogP contribution is -2.46. The third kappa shape index (κ3) is 3.53. The topological polar surface area (TPSA) is 84.0 Å². The van der Waals surface area contributed by atoms with Crippen LogP contribution in [0.15, 0.2) is 40.6 Å². The zero-order valence-corrected chi connectivity index (χ0v) is 15.1. The first-order valence-corrected chi connectivity index (χ1v) is 9.26. The monoisotopic (exact) mass is 389 g/mol. The van der Waals surface area contributed by atoms with Crippen LogP contribution in [0.3, 0.4) is 0 Å². The van der Waals surface area contributed by atoms with E-state index in [9.17, 15) is 19.3 Å². The first-order chi connectivity index (χ1) is 13.0. The van der Waals surface area contributed by atoms with Gasteiger partial charge < -0.3 is 4.90 Å². The predicted molar refractivity (Wildman–Crippen MR) is 99.9 cm³/mol. The molecule has 27 heavy (non-hydrogen) atoms. The van der Waals surface area contributed by atoms with Crippen LogP contribution in [-0.4, -0.2) is 45.4 Å². The Hall–Kier alpha value is -2.85. The zero-order valence-electron chi connectivity index (χ0n) is 14.2. The Morgan fingerprint density at radius 3 is 2.74 bits per heavy atom. The number of nitrogens with zero attached hydrogens (tertiary/aromatic N) is 5. The number of nitro groups is 1. The Morgan fingerprint density at radius 1 is 1.22 bits per heavy atom. The number of hydrogen-bond donors (Lipinski definition) is 0. The molecular weight excluding hydrogens is 373 g/mol. The zero-order chi connectivity index (χ0) is 19.0. The van der Waals surface area contributed by atoms with Crippen LogP contribution < -0.4 is 10.5 Å². The van der Waals surface area contributed by atoms with Crippen LogP contribution in [0.5, 0.6) is 0 Å². The molecule has 1 aliphatic rings. The van der Waals surface area contributed by atoms with Crippen LogP contribution >= 0.6 is 11.3 Å². The van der Waals surface area contributed by atoms with Gasteiger partial charge in [0.25, 0.3) is 11.2 Å². The van der Waals surface area contributed by atoms with E-state index < -0.39 is 10.7 Å². The average Bonchev–Trinajstić information content (AvgIpc) is 3.11. The molecule has 0 unspecified atom stereocenters. The van der Waals surface area contributed by atoms with E-state index >= 15 is 0 Å². The van der Waals surface area contributed by atoms with Gasteiger partial charge in [0.2, 0.25) is 0 Å². The fourth-order valence-corrected chi connectivity index (χ4v) is 3.99. The summed E-state index contributed by atoms with van der Waals surface area (Å²) in [6.45, 7) is 2.87. The maximum absolute atomic E-state index is 13.6. The Bertz CT molecular complexity index is 1060. The first kappa shape index (κ1) is 17.6. The molecule has 3 aromatic rings. The molecule has 1 aliphatic heterocycles. The number of fused-ring (bicyclic) bond motifs is 1. The Balaban J connectivity index is 1.47. The minimum absolute atomic E-state index is 0.0947. The molecule has 0 bridgehead atoms. The van der Waals surface area contributed by atoms with E-state index in [0.29, 0.717) is 49.1 Å². The van der Waals surface area contributed by atoms with Crippen molar-refractivity contribution >= 4 is 27.7 Å². The molecule has 2 aromatic heterocycles. The quantitative estimate of drug-likeness (QED) is 0.502. The van der Waals surface area contributed by atoms with Crippen molar-refractivity contribution in [2.45, 2.75) is 6.54 Å². The summed E-state index contributed by atoms with van der Waals surface area (Å²) in [5, 5.41) is 13.0. The van der Waals surface area contributed by atoms with Gasteiger partial charge in [0.1, 0.15) is 11.5 Å². The summed E-state index contributed by atoms with van der Waals surface area (Å²) >= 11 is 1.41. The van der Waals surface area contributed by atoms with Crippen molar-refractivity contribution in [3.05, 3.63) is 67.8 Å². The number of rotatable bonds is 4. The van der Waals surface area contributed by atoms with E-state index in [0.717, 1.165) is 6.07 Å². The largest absolute Gasteiger partial charge is 0.363 e. The predicted octanol–water partition coefficient (Wildman–Crippen LogP) is 2.13. The van der Waals surface area contributed by atoms with E-state index in [1.165, 1.54) is 33.9 Å². The lowest BCUT2D eigenvalue weighted by atomic mass is 10.2. The molecule has 0 aliphatic carbocycles. The van der Waals surface area contributed by atoms with Crippen LogP contribution in [0.2, 0.25) is 0 Å². The molecule has 1 aromatic carbocycles. The number of nitro benzene ring substituents is 1. The first-order valence-electron chi connectivity index (χ1n) is 8.38. The second-order valence-electron chi connectivity index (χ2n) is 6.29. The molecule has 0 saturated carbocycles. The third-order valence-electron chi connectivity index (χ3n) is 4.59. The highest BCUT2D eigenvalue weighted by Crippen LogP contribution is 2.29. The summed E-state index contributed by atoms with van der Waals surface area (Å²) in [6.07, 6.45) is 1.70. The van der Waals surface area contributed by atoms with E-state index in [4.69, 9.17) is 0 Å². The van der Waals surface area contributed by atoms with E-state index in [1.54, 1.807) is 6.20 Å². The average molecular weight is 389 g/mol. The molecular formula is C17H16FN5O3S. The van der Waals surface area contributed by atoms with Gasteiger partial charge in [-0.2, -0.15) is 0 Å². The molecule has 0 radical (unpaired) electrons. The minimum atomic E-state index is -0.494. The summed E-state index contributed by atoms with van der Waals surface area (Å²) in [6, 6.07) is 5.04. The Morgan fingerprint density at radius 2 is 2.00 bits per heavy atom. The van der Waals surface area contributed by atoms with Crippen molar-refractivity contribution in [3.8, 4) is 0 Å². The number of thiazole rings is 1. The fourth-order valence-electron chi connectivity index (χ4n) is 3.25. The standard InChI is InChI=1S/C17H16FN5O3S/c18-12-1-2-14(23(25)26)15(9-12)21-5-3-20(4-6-21)11-13-10-16(24)22-7-8-27-17(22)19-13/h1-2,7-10H,3-6,11H2. The van der Waals surface area contributed by atoms with Gasteiger partial charge in [0, 0.05) is 62.5 Å². The van der Waals surface area contributed by atoms with Gasteiger partial charge in [-0.05, 0) is 6.07 Å². The van der Waals surface area contributed by atoms with Gasteiger partial charge >= 0.3 is 0 Å². The smallest absolute Gasteiger partial charge is 0.292 e. The molecule has 8 nitrogen and oxygen atoms in total. The van der Waals surface area contributed by atoms with E-state index in [2.05, 4.69) is 9.88 Å². The molecule has 0 atom stereocenters. The lowest BCUT2D eigenvalue weighted by molar-refractivity contribution is -0.384. The second kappa shape index (κ2) is 7.05. The summed E-state index contributed by atoms with van der Waals surface area (Å²) in [5.41, 5.74) is 0.802. The molecule has 1 fully saturated rings. The fraction of sp³-hybridized carbons (Fsp3) is 0.294. The van der Waals surface area contributed by atoms with Gasteiger partial charge in [-0.25, -0.2) is 9.37 Å². The molecule has 0 amide bonds. The molecule has 0 spiro atoms. The van der Waals surface area contributed by atoms with Gasteiger partial charge in [-0.1, -0.05) is 0 Å². The summed E-state index contributed by atoms with van der Waals surface area (Å²) in [5.74, 6) is -0.494. The van der Waals surface area contributed by atoms with Crippen molar-refractivity contribution in [1.29, 1.82) is 0 Å². The van der Waals surface area contributed by atoms with Crippen LogP contribution in [-0.2, 0) is 6.54 Å². The Labute approximate surface area is 157 Å². The highest BCUT2D eigenvalue weighted by Gasteiger charge is 2.24. The number of hydrogen-bond acceptors (Lipinski definition) is 7. The third-order valence-corrected chi connectivity index (χ3v) is 5.35. The highest BCUT2D eigenvalue weighted by molar-refractivity contribution is 7.15. The van der Waals surface area contributed by atoms with Crippen LogP contribution in [0.25, 0.3) is 4.96 Å². The molecule has 10 heteroatoms. The molecule has 3 heterocycles. The maximum atomic E-state index is 13.6. The highest BCUT2D eigenvalue weighted by atomic mass is 32.1. The van der Waals surface area contributed by atoms with Crippen molar-refractivity contribution < 1.29 is 9.31 Å². The van der Waals surface area contributed by atoms with Crippen LogP contribution in [0.4, 0.5) is 15.8 Å². The number of anilines is 1. The van der Waals surface area contributed by atoms with Crippen molar-refractivity contribution in [1.82, 2.24) is 14.3 Å². The summed E-state index contributed by atoms with van der Waals surface area (Å²) < 4.78 is 15.1. The normalized spacial score (nSPS) is 15.4. The summed E-state index contributed by atoms with van der Waals surface area (Å²) in [7, 11) is 0. The van der Waals surface area contributed by atoms with Crippen molar-refractivity contribution in [3.63, 3.8) is 0 Å². The van der Waals surface area contributed by atoms with Gasteiger partial charge in [0.05, 0.1) is 10.6 Å². The van der Waals surface area contributed by atoms with Gasteiger partial charge in [-0.15, -0.1) is 11.3 Å². The molecule has 1 saturated heterocycles. The molecule has 0 N–H and O–H groups in total. The van der Waals surface area contributed by atoms with Crippen molar-refractivity contribution in [2.75, 3.05) is 31.1 Å². The molecule has 140 valence electrons. The second-order valence-corrected chi connectivity index (χ2v) is 7.17. The van der Waals surface area contributed by atoms with E-state index in [1.807, 2.05) is 10.3 Å². The number of aromatic nitrogens is 2. The number of piperazine rings is 1. The van der Waals surface area contributed by atoms with Crippen LogP contribution in [0, 0.1) is 15.9 Å². The Kier molecular flexibility index (Phi) is 4.58. The number of benzene rings is 1. The van der Waals surface area contributed by atoms with E-state index in [-0.39, 0.29) is 11.2 Å². The van der Waals surface area contributed by atoms with Gasteiger partial charge in [-0.3, -0.25) is 24.2 Å². The minimum Gasteiger partial charge on any atom is -0.363 e. The lowest BCUT2D eigenvalue weighted by Gasteiger charge is -2.35.